The minimum atomic E-state index is 0.347. The van der Waals surface area contributed by atoms with Crippen LogP contribution in [0.5, 0.6) is 0 Å². The molecule has 0 amide bonds. The minimum Gasteiger partial charge on any atom is -0.338 e. The van der Waals surface area contributed by atoms with Crippen LogP contribution in [0.1, 0.15) is 11.1 Å². The third-order valence-corrected chi connectivity index (χ3v) is 3.32. The Kier molecular flexibility index (Phi) is 2.73. The molecule has 90 valence electrons. The van der Waals surface area contributed by atoms with E-state index in [9.17, 15) is 0 Å². The monoisotopic (exact) mass is 277 g/mol. The maximum Gasteiger partial charge on any atom is 0.142 e. The van der Waals surface area contributed by atoms with E-state index in [1.807, 2.05) is 25.1 Å². The molecule has 0 aliphatic carbocycles. The van der Waals surface area contributed by atoms with Crippen molar-refractivity contribution < 1.29 is 0 Å². The van der Waals surface area contributed by atoms with E-state index in [4.69, 9.17) is 23.2 Å². The second-order valence-electron chi connectivity index (χ2n) is 4.06. The fraction of sp³-hybridized carbons (Fsp3) is 0.0769. The van der Waals surface area contributed by atoms with Crippen LogP contribution in [-0.4, -0.2) is 10.2 Å². The number of anilines is 2. The summed E-state index contributed by atoms with van der Waals surface area (Å²) >= 11 is 12.4. The molecule has 0 saturated carbocycles. The summed E-state index contributed by atoms with van der Waals surface area (Å²) in [4.78, 5) is 8.65. The molecule has 0 saturated heterocycles. The van der Waals surface area contributed by atoms with Gasteiger partial charge in [0.2, 0.25) is 0 Å². The Morgan fingerprint density at radius 2 is 2.00 bits per heavy atom. The highest BCUT2D eigenvalue weighted by atomic mass is 35.5. The molecule has 1 aliphatic rings. The van der Waals surface area contributed by atoms with Crippen molar-refractivity contribution in [2.75, 3.05) is 5.32 Å². The number of fused-ring (bicyclic) bond motifs is 2. The Morgan fingerprint density at radius 1 is 1.17 bits per heavy atom. The highest BCUT2D eigenvalue weighted by molar-refractivity contribution is 6.71. The van der Waals surface area contributed by atoms with Crippen molar-refractivity contribution in [1.29, 1.82) is 0 Å². The quantitative estimate of drug-likeness (QED) is 0.774. The van der Waals surface area contributed by atoms with Crippen molar-refractivity contribution in [2.24, 2.45) is 4.99 Å². The molecule has 0 bridgehead atoms. The smallest absolute Gasteiger partial charge is 0.142 e. The van der Waals surface area contributed by atoms with Crippen molar-refractivity contribution in [3.05, 3.63) is 46.6 Å². The average Bonchev–Trinajstić information content (AvgIpc) is 2.45. The molecule has 0 spiro atoms. The van der Waals surface area contributed by atoms with Crippen molar-refractivity contribution in [3.8, 4) is 0 Å². The van der Waals surface area contributed by atoms with Gasteiger partial charge in [0.1, 0.15) is 11.0 Å². The number of pyridine rings is 1. The fourth-order valence-electron chi connectivity index (χ4n) is 1.86. The van der Waals surface area contributed by atoms with Gasteiger partial charge in [-0.3, -0.25) is 0 Å². The zero-order valence-corrected chi connectivity index (χ0v) is 11.0. The topological polar surface area (TPSA) is 37.3 Å². The average molecular weight is 278 g/mol. The summed E-state index contributed by atoms with van der Waals surface area (Å²) in [5, 5.41) is 4.09. The number of aromatic nitrogens is 1. The van der Waals surface area contributed by atoms with Crippen LogP contribution < -0.4 is 5.32 Å². The van der Waals surface area contributed by atoms with Gasteiger partial charge in [0.25, 0.3) is 0 Å². The van der Waals surface area contributed by atoms with Crippen molar-refractivity contribution in [3.63, 3.8) is 0 Å². The lowest BCUT2D eigenvalue weighted by Crippen LogP contribution is -2.00. The summed E-state index contributed by atoms with van der Waals surface area (Å²) in [7, 11) is 0. The van der Waals surface area contributed by atoms with Crippen LogP contribution in [0.4, 0.5) is 17.2 Å². The number of aryl methyl sites for hydroxylation is 1. The summed E-state index contributed by atoms with van der Waals surface area (Å²) in [5.41, 5.74) is 3.41. The lowest BCUT2D eigenvalue weighted by molar-refractivity contribution is 1.30. The number of aliphatic imine (C=N–C) groups is 1. The first-order valence-corrected chi connectivity index (χ1v) is 6.17. The van der Waals surface area contributed by atoms with E-state index in [0.29, 0.717) is 21.6 Å². The molecule has 0 fully saturated rings. The summed E-state index contributed by atoms with van der Waals surface area (Å²) < 4.78 is 0. The molecule has 0 atom stereocenters. The Hall–Kier alpha value is -1.58. The van der Waals surface area contributed by atoms with Crippen LogP contribution in [0.15, 0.2) is 35.5 Å². The van der Waals surface area contributed by atoms with E-state index < -0.39 is 0 Å². The molecule has 0 unspecified atom stereocenters. The first-order chi connectivity index (χ1) is 8.65. The second-order valence-corrected chi connectivity index (χ2v) is 4.83. The molecule has 2 heterocycles. The molecule has 1 aromatic heterocycles. The van der Waals surface area contributed by atoms with Crippen molar-refractivity contribution in [1.82, 2.24) is 4.98 Å². The van der Waals surface area contributed by atoms with Crippen molar-refractivity contribution >= 4 is 45.6 Å². The van der Waals surface area contributed by atoms with Crippen LogP contribution in [-0.2, 0) is 0 Å². The van der Waals surface area contributed by atoms with Gasteiger partial charge in [-0.25, -0.2) is 9.98 Å². The molecule has 3 rings (SSSR count). The van der Waals surface area contributed by atoms with Crippen LogP contribution in [0.25, 0.3) is 0 Å². The van der Waals surface area contributed by atoms with Crippen molar-refractivity contribution in [2.45, 2.75) is 6.92 Å². The van der Waals surface area contributed by atoms with E-state index in [0.717, 1.165) is 16.9 Å². The molecule has 0 radical (unpaired) electrons. The molecule has 2 aromatic rings. The van der Waals surface area contributed by atoms with Gasteiger partial charge in [-0.15, -0.1) is 0 Å². The van der Waals surface area contributed by atoms with E-state index in [1.165, 1.54) is 0 Å². The summed E-state index contributed by atoms with van der Waals surface area (Å²) in [5.74, 6) is 0.624. The minimum absolute atomic E-state index is 0.347. The van der Waals surface area contributed by atoms with E-state index >= 15 is 0 Å². The highest BCUT2D eigenvalue weighted by Crippen LogP contribution is 2.36. The van der Waals surface area contributed by atoms with Crippen LogP contribution in [0, 0.1) is 6.92 Å². The molecule has 1 aliphatic heterocycles. The lowest BCUT2D eigenvalue weighted by atomic mass is 10.2. The predicted molar refractivity (Wildman–Crippen MR) is 75.8 cm³/mol. The highest BCUT2D eigenvalue weighted by Gasteiger charge is 2.18. The summed E-state index contributed by atoms with van der Waals surface area (Å²) in [6.07, 6.45) is 1.64. The number of halogens is 2. The maximum absolute atomic E-state index is 6.22. The number of benzene rings is 1. The Morgan fingerprint density at radius 3 is 2.83 bits per heavy atom. The fourth-order valence-corrected chi connectivity index (χ4v) is 2.42. The lowest BCUT2D eigenvalue weighted by Gasteiger charge is -2.08. The number of hydrogen-bond donors (Lipinski definition) is 1. The molecular weight excluding hydrogens is 269 g/mol. The zero-order chi connectivity index (χ0) is 12.7. The van der Waals surface area contributed by atoms with Crippen LogP contribution in [0.3, 0.4) is 0 Å². The van der Waals surface area contributed by atoms with Gasteiger partial charge in [0.05, 0.1) is 22.0 Å². The number of rotatable bonds is 0. The first kappa shape index (κ1) is 11.5. The van der Waals surface area contributed by atoms with Crippen LogP contribution in [0.2, 0.25) is 5.02 Å². The Balaban J connectivity index is 2.27. The van der Waals surface area contributed by atoms with E-state index in [-0.39, 0.29) is 0 Å². The number of hydrogen-bond acceptors (Lipinski definition) is 3. The van der Waals surface area contributed by atoms with E-state index in [1.54, 1.807) is 12.3 Å². The van der Waals surface area contributed by atoms with Gasteiger partial charge in [-0.1, -0.05) is 29.3 Å². The predicted octanol–water partition coefficient (Wildman–Crippen LogP) is 4.42. The third kappa shape index (κ3) is 1.85. The molecule has 1 aromatic carbocycles. The third-order valence-electron chi connectivity index (χ3n) is 2.73. The van der Waals surface area contributed by atoms with Gasteiger partial charge in [0.15, 0.2) is 0 Å². The summed E-state index contributed by atoms with van der Waals surface area (Å²) in [6, 6.07) is 7.62. The maximum atomic E-state index is 6.22. The SMILES string of the molecule is Cc1ccc2c(c1)N=C(Cl)c1c(Cl)ccnc1N2. The van der Waals surface area contributed by atoms with Gasteiger partial charge in [-0.05, 0) is 30.7 Å². The zero-order valence-electron chi connectivity index (χ0n) is 9.54. The largest absolute Gasteiger partial charge is 0.338 e. The summed E-state index contributed by atoms with van der Waals surface area (Å²) in [6.45, 7) is 2.01. The van der Waals surface area contributed by atoms with Gasteiger partial charge < -0.3 is 5.32 Å². The number of nitrogens with one attached hydrogen (secondary N) is 1. The van der Waals surface area contributed by atoms with Gasteiger partial charge in [-0.2, -0.15) is 0 Å². The normalized spacial score (nSPS) is 12.9. The number of nitrogens with zero attached hydrogens (tertiary/aromatic N) is 2. The Labute approximate surface area is 114 Å². The van der Waals surface area contributed by atoms with Gasteiger partial charge in [0, 0.05) is 6.20 Å². The van der Waals surface area contributed by atoms with E-state index in [2.05, 4.69) is 15.3 Å². The molecule has 1 N–H and O–H groups in total. The molecule has 3 nitrogen and oxygen atoms in total. The first-order valence-electron chi connectivity index (χ1n) is 5.42. The molecular formula is C13H9Cl2N3. The van der Waals surface area contributed by atoms with Crippen LogP contribution >= 0.6 is 23.2 Å². The standard InChI is InChI=1S/C13H9Cl2N3/c1-7-2-3-9-10(6-7)17-12(15)11-8(14)4-5-16-13(11)18-9/h2-6H,1H3,(H,16,18). The van der Waals surface area contributed by atoms with Gasteiger partial charge >= 0.3 is 0 Å². The Bertz CT molecular complexity index is 665. The molecule has 5 heteroatoms. The second kappa shape index (κ2) is 4.26. The molecule has 18 heavy (non-hydrogen) atoms.